The highest BCUT2D eigenvalue weighted by atomic mass is 16.5. The van der Waals surface area contributed by atoms with Gasteiger partial charge in [0.15, 0.2) is 0 Å². The van der Waals surface area contributed by atoms with Gasteiger partial charge in [-0.3, -0.25) is 4.90 Å². The molecule has 1 atom stereocenters. The topological polar surface area (TPSA) is 47.7 Å². The molecule has 0 bridgehead atoms. The average Bonchev–Trinajstić information content (AvgIpc) is 2.25. The first-order chi connectivity index (χ1) is 7.67. The van der Waals surface area contributed by atoms with E-state index in [4.69, 9.17) is 15.2 Å². The Bertz CT molecular complexity index is 154. The number of rotatable bonds is 10. The van der Waals surface area contributed by atoms with Crippen LogP contribution in [-0.4, -0.2) is 58.0 Å². The number of methoxy groups -OCH3 is 2. The molecule has 0 rings (SSSR count). The third kappa shape index (κ3) is 6.43. The fourth-order valence-corrected chi connectivity index (χ4v) is 1.91. The molecule has 98 valence electrons. The maximum Gasteiger partial charge on any atom is 0.0589 e. The van der Waals surface area contributed by atoms with Gasteiger partial charge in [0.05, 0.1) is 6.61 Å². The van der Waals surface area contributed by atoms with Gasteiger partial charge in [0.2, 0.25) is 0 Å². The fourth-order valence-electron chi connectivity index (χ4n) is 1.91. The molecule has 0 saturated heterocycles. The summed E-state index contributed by atoms with van der Waals surface area (Å²) in [7, 11) is 3.47. The van der Waals surface area contributed by atoms with Crippen LogP contribution in [0.15, 0.2) is 0 Å². The standard InChI is InChI=1S/C12H28N2O2/c1-11(2)12(10-13)14(7-9-16-4)6-5-8-15-3/h11-12H,5-10,13H2,1-4H3. The van der Waals surface area contributed by atoms with Gasteiger partial charge in [-0.25, -0.2) is 0 Å². The second kappa shape index (κ2) is 10.0. The van der Waals surface area contributed by atoms with Crippen molar-refractivity contribution < 1.29 is 9.47 Å². The molecule has 16 heavy (non-hydrogen) atoms. The van der Waals surface area contributed by atoms with Crippen molar-refractivity contribution in [3.8, 4) is 0 Å². The Hall–Kier alpha value is -0.160. The van der Waals surface area contributed by atoms with E-state index in [1.807, 2.05) is 0 Å². The van der Waals surface area contributed by atoms with Crippen LogP contribution < -0.4 is 5.73 Å². The first-order valence-corrected chi connectivity index (χ1v) is 6.09. The van der Waals surface area contributed by atoms with Crippen molar-refractivity contribution in [2.24, 2.45) is 11.7 Å². The van der Waals surface area contributed by atoms with E-state index in [2.05, 4.69) is 18.7 Å². The summed E-state index contributed by atoms with van der Waals surface area (Å²) >= 11 is 0. The molecule has 0 aliphatic heterocycles. The molecule has 4 heteroatoms. The SMILES string of the molecule is COCCCN(CCOC)C(CN)C(C)C. The third-order valence-corrected chi connectivity index (χ3v) is 2.86. The van der Waals surface area contributed by atoms with Crippen molar-refractivity contribution in [3.05, 3.63) is 0 Å². The fraction of sp³-hybridized carbons (Fsp3) is 1.00. The highest BCUT2D eigenvalue weighted by Crippen LogP contribution is 2.10. The van der Waals surface area contributed by atoms with Crippen LogP contribution in [-0.2, 0) is 9.47 Å². The van der Waals surface area contributed by atoms with E-state index >= 15 is 0 Å². The second-order valence-corrected chi connectivity index (χ2v) is 4.42. The minimum atomic E-state index is 0.437. The molecule has 0 aromatic heterocycles. The molecule has 0 saturated carbocycles. The summed E-state index contributed by atoms with van der Waals surface area (Å²) in [5.74, 6) is 0.574. The molecular formula is C12H28N2O2. The van der Waals surface area contributed by atoms with Crippen LogP contribution in [0, 0.1) is 5.92 Å². The van der Waals surface area contributed by atoms with Gasteiger partial charge in [0.25, 0.3) is 0 Å². The smallest absolute Gasteiger partial charge is 0.0589 e. The molecular weight excluding hydrogens is 204 g/mol. The summed E-state index contributed by atoms with van der Waals surface area (Å²) in [6.45, 7) is 8.67. The largest absolute Gasteiger partial charge is 0.385 e. The van der Waals surface area contributed by atoms with E-state index < -0.39 is 0 Å². The molecule has 0 aromatic rings. The Morgan fingerprint density at radius 2 is 1.69 bits per heavy atom. The van der Waals surface area contributed by atoms with Gasteiger partial charge < -0.3 is 15.2 Å². The lowest BCUT2D eigenvalue weighted by Crippen LogP contribution is -2.46. The lowest BCUT2D eigenvalue weighted by molar-refractivity contribution is 0.0918. The van der Waals surface area contributed by atoms with Gasteiger partial charge in [-0.05, 0) is 12.3 Å². The van der Waals surface area contributed by atoms with Gasteiger partial charge in [0.1, 0.15) is 0 Å². The van der Waals surface area contributed by atoms with E-state index in [-0.39, 0.29) is 0 Å². The predicted octanol–water partition coefficient (Wildman–Crippen LogP) is 0.955. The maximum atomic E-state index is 5.84. The zero-order valence-corrected chi connectivity index (χ0v) is 11.2. The quantitative estimate of drug-likeness (QED) is 0.570. The number of ether oxygens (including phenoxy) is 2. The Balaban J connectivity index is 4.14. The van der Waals surface area contributed by atoms with E-state index in [9.17, 15) is 0 Å². The summed E-state index contributed by atoms with van der Waals surface area (Å²) in [6, 6.07) is 0.437. The first-order valence-electron chi connectivity index (χ1n) is 6.09. The van der Waals surface area contributed by atoms with Crippen molar-refractivity contribution in [2.75, 3.05) is 47.1 Å². The van der Waals surface area contributed by atoms with Crippen LogP contribution >= 0.6 is 0 Å². The molecule has 0 spiro atoms. The van der Waals surface area contributed by atoms with E-state index in [0.717, 1.165) is 32.7 Å². The molecule has 0 radical (unpaired) electrons. The molecule has 0 amide bonds. The van der Waals surface area contributed by atoms with Gasteiger partial charge >= 0.3 is 0 Å². The second-order valence-electron chi connectivity index (χ2n) is 4.42. The van der Waals surface area contributed by atoms with Crippen LogP contribution in [0.3, 0.4) is 0 Å². The van der Waals surface area contributed by atoms with E-state index in [1.165, 1.54) is 0 Å². The van der Waals surface area contributed by atoms with Gasteiger partial charge in [-0.1, -0.05) is 13.8 Å². The molecule has 2 N–H and O–H groups in total. The highest BCUT2D eigenvalue weighted by Gasteiger charge is 2.19. The molecule has 0 aliphatic rings. The van der Waals surface area contributed by atoms with Crippen LogP contribution in [0.2, 0.25) is 0 Å². The number of nitrogens with zero attached hydrogens (tertiary/aromatic N) is 1. The van der Waals surface area contributed by atoms with Crippen molar-refractivity contribution in [1.29, 1.82) is 0 Å². The molecule has 1 unspecified atom stereocenters. The molecule has 0 aliphatic carbocycles. The normalized spacial score (nSPS) is 13.7. The summed E-state index contributed by atoms with van der Waals surface area (Å²) in [5, 5.41) is 0. The Kier molecular flexibility index (Phi) is 9.92. The summed E-state index contributed by atoms with van der Waals surface area (Å²) < 4.78 is 10.2. The Morgan fingerprint density at radius 3 is 2.12 bits per heavy atom. The Morgan fingerprint density at radius 1 is 1.06 bits per heavy atom. The van der Waals surface area contributed by atoms with Crippen LogP contribution in [0.4, 0.5) is 0 Å². The van der Waals surface area contributed by atoms with Gasteiger partial charge in [-0.2, -0.15) is 0 Å². The lowest BCUT2D eigenvalue weighted by atomic mass is 10.0. The van der Waals surface area contributed by atoms with Crippen LogP contribution in [0.25, 0.3) is 0 Å². The monoisotopic (exact) mass is 232 g/mol. The first kappa shape index (κ1) is 15.8. The average molecular weight is 232 g/mol. The molecule has 4 nitrogen and oxygen atoms in total. The highest BCUT2D eigenvalue weighted by molar-refractivity contribution is 4.75. The van der Waals surface area contributed by atoms with Crippen molar-refractivity contribution in [1.82, 2.24) is 4.90 Å². The molecule has 0 fully saturated rings. The number of hydrogen-bond acceptors (Lipinski definition) is 4. The van der Waals surface area contributed by atoms with E-state index in [1.54, 1.807) is 14.2 Å². The summed E-state index contributed by atoms with van der Waals surface area (Å²) in [6.07, 6.45) is 1.05. The van der Waals surface area contributed by atoms with Crippen molar-refractivity contribution in [3.63, 3.8) is 0 Å². The van der Waals surface area contributed by atoms with Gasteiger partial charge in [0, 0.05) is 46.5 Å². The number of hydrogen-bond donors (Lipinski definition) is 1. The maximum absolute atomic E-state index is 5.84. The predicted molar refractivity (Wildman–Crippen MR) is 67.6 cm³/mol. The number of nitrogens with two attached hydrogens (primary N) is 1. The van der Waals surface area contributed by atoms with Crippen molar-refractivity contribution >= 4 is 0 Å². The Labute approximate surface area is 100 Å². The summed E-state index contributed by atoms with van der Waals surface area (Å²) in [4.78, 5) is 2.41. The summed E-state index contributed by atoms with van der Waals surface area (Å²) in [5.41, 5.74) is 5.84. The van der Waals surface area contributed by atoms with Gasteiger partial charge in [-0.15, -0.1) is 0 Å². The van der Waals surface area contributed by atoms with E-state index in [0.29, 0.717) is 18.5 Å². The zero-order chi connectivity index (χ0) is 12.4. The minimum Gasteiger partial charge on any atom is -0.385 e. The van der Waals surface area contributed by atoms with Crippen LogP contribution in [0.5, 0.6) is 0 Å². The third-order valence-electron chi connectivity index (χ3n) is 2.86. The lowest BCUT2D eigenvalue weighted by Gasteiger charge is -2.33. The van der Waals surface area contributed by atoms with Crippen LogP contribution in [0.1, 0.15) is 20.3 Å². The zero-order valence-electron chi connectivity index (χ0n) is 11.2. The minimum absolute atomic E-state index is 0.437. The van der Waals surface area contributed by atoms with Crippen molar-refractivity contribution in [2.45, 2.75) is 26.3 Å². The molecule has 0 heterocycles. The molecule has 0 aromatic carbocycles.